The fraction of sp³-hybridized carbons (Fsp3) is 0.105. The van der Waals surface area contributed by atoms with Crippen molar-refractivity contribution in [2.45, 2.75) is 0 Å². The van der Waals surface area contributed by atoms with Crippen LogP contribution in [0.25, 0.3) is 16.7 Å². The molecule has 0 aromatic heterocycles. The predicted molar refractivity (Wildman–Crippen MR) is 106 cm³/mol. The van der Waals surface area contributed by atoms with Crippen molar-refractivity contribution in [1.29, 1.82) is 0 Å². The van der Waals surface area contributed by atoms with Gasteiger partial charge in [-0.3, -0.25) is 19.4 Å². The number of hydrogen-bond donors (Lipinski definition) is 0. The zero-order valence-corrected chi connectivity index (χ0v) is 16.2. The van der Waals surface area contributed by atoms with Gasteiger partial charge in [0.2, 0.25) is 0 Å². The van der Waals surface area contributed by atoms with E-state index in [2.05, 4.69) is 0 Å². The van der Waals surface area contributed by atoms with Crippen LogP contribution in [0.1, 0.15) is 11.1 Å². The molecule has 0 N–H and O–H groups in total. The molecular formula is C19H12Cl2N2O2S. The van der Waals surface area contributed by atoms with Gasteiger partial charge in [-0.15, -0.1) is 0 Å². The number of halogens is 2. The lowest BCUT2D eigenvalue weighted by atomic mass is 9.95. The Morgan fingerprint density at radius 1 is 0.846 bits per heavy atom. The number of carbonyl (C=O) groups is 2. The zero-order chi connectivity index (χ0) is 18.7. The van der Waals surface area contributed by atoms with Crippen molar-refractivity contribution < 1.29 is 9.59 Å². The van der Waals surface area contributed by atoms with E-state index < -0.39 is 11.8 Å². The molecule has 1 aliphatic heterocycles. The molecule has 1 fully saturated rings. The van der Waals surface area contributed by atoms with Gasteiger partial charge in [0, 0.05) is 30.3 Å². The summed E-state index contributed by atoms with van der Waals surface area (Å²) in [6, 6.07) is 10.9. The first kappa shape index (κ1) is 17.2. The third-order valence-electron chi connectivity index (χ3n) is 4.65. The van der Waals surface area contributed by atoms with Crippen molar-refractivity contribution in [3.05, 3.63) is 63.1 Å². The quantitative estimate of drug-likeness (QED) is 0.324. The second kappa shape index (κ2) is 5.91. The van der Waals surface area contributed by atoms with Crippen LogP contribution in [-0.2, 0) is 9.59 Å². The molecule has 2 aromatic rings. The van der Waals surface area contributed by atoms with Gasteiger partial charge in [0.05, 0.1) is 5.02 Å². The number of rotatable bonds is 0. The Hall–Kier alpha value is -2.21. The molecule has 26 heavy (non-hydrogen) atoms. The lowest BCUT2D eigenvalue weighted by Crippen LogP contribution is -2.53. The molecule has 2 aromatic carbocycles. The Bertz CT molecular complexity index is 1040. The molecule has 0 bridgehead atoms. The molecule has 4 nitrogen and oxygen atoms in total. The van der Waals surface area contributed by atoms with Crippen LogP contribution in [-0.4, -0.2) is 40.8 Å². The topological polar surface area (TPSA) is 40.6 Å². The summed E-state index contributed by atoms with van der Waals surface area (Å²) >= 11 is 17.8. The van der Waals surface area contributed by atoms with E-state index >= 15 is 0 Å². The molecule has 0 radical (unpaired) electrons. The first-order chi connectivity index (χ1) is 12.3. The minimum Gasteiger partial charge on any atom is -0.288 e. The van der Waals surface area contributed by atoms with E-state index in [4.69, 9.17) is 35.4 Å². The van der Waals surface area contributed by atoms with E-state index in [1.807, 2.05) is 24.3 Å². The number of amides is 2. The standard InChI is InChI=1S/C19H12Cl2N2O2S/c1-22-17(24)16(18(25)23(2)19(22)26)15-11-6-4-3-5-10(11)14-12(15)7-9(20)8-13(14)21/h3-8H,1-2H3. The molecule has 2 aliphatic rings. The number of benzene rings is 2. The minimum absolute atomic E-state index is 0.0631. The maximum Gasteiger partial charge on any atom is 0.266 e. The molecule has 1 heterocycles. The molecule has 0 atom stereocenters. The van der Waals surface area contributed by atoms with Gasteiger partial charge in [-0.25, -0.2) is 0 Å². The highest BCUT2D eigenvalue weighted by molar-refractivity contribution is 7.80. The molecule has 1 saturated heterocycles. The highest BCUT2D eigenvalue weighted by Gasteiger charge is 2.41. The Morgan fingerprint density at radius 3 is 2.04 bits per heavy atom. The summed E-state index contributed by atoms with van der Waals surface area (Å²) in [4.78, 5) is 28.5. The number of thiocarbonyl (C=S) groups is 1. The van der Waals surface area contributed by atoms with E-state index in [9.17, 15) is 9.59 Å². The van der Waals surface area contributed by atoms with Gasteiger partial charge in [0.25, 0.3) is 11.8 Å². The Balaban J connectivity index is 2.13. The lowest BCUT2D eigenvalue weighted by molar-refractivity contribution is -0.132. The summed E-state index contributed by atoms with van der Waals surface area (Å²) in [6.45, 7) is 0. The third kappa shape index (κ3) is 2.24. The molecule has 2 amide bonds. The fourth-order valence-electron chi connectivity index (χ4n) is 3.42. The summed E-state index contributed by atoms with van der Waals surface area (Å²) in [5, 5.41) is 1.08. The normalized spacial score (nSPS) is 16.4. The Labute approximate surface area is 165 Å². The molecule has 0 unspecified atom stereocenters. The molecule has 4 rings (SSSR count). The summed E-state index contributed by atoms with van der Waals surface area (Å²) in [5.74, 6) is -0.876. The number of hydrogen-bond acceptors (Lipinski definition) is 3. The Kier molecular flexibility index (Phi) is 3.91. The van der Waals surface area contributed by atoms with Gasteiger partial charge in [-0.2, -0.15) is 0 Å². The first-order valence-electron chi connectivity index (χ1n) is 7.76. The molecule has 130 valence electrons. The van der Waals surface area contributed by atoms with Gasteiger partial charge >= 0.3 is 0 Å². The van der Waals surface area contributed by atoms with Gasteiger partial charge in [-0.1, -0.05) is 47.5 Å². The van der Waals surface area contributed by atoms with Crippen molar-refractivity contribution in [2.75, 3.05) is 14.1 Å². The number of fused-ring (bicyclic) bond motifs is 3. The largest absolute Gasteiger partial charge is 0.288 e. The lowest BCUT2D eigenvalue weighted by Gasteiger charge is -2.32. The van der Waals surface area contributed by atoms with Crippen LogP contribution in [0, 0.1) is 0 Å². The second-order valence-corrected chi connectivity index (χ2v) is 7.33. The third-order valence-corrected chi connectivity index (χ3v) is 5.71. The highest BCUT2D eigenvalue weighted by atomic mass is 35.5. The van der Waals surface area contributed by atoms with Crippen molar-refractivity contribution >= 4 is 57.9 Å². The van der Waals surface area contributed by atoms with Crippen molar-refractivity contribution in [1.82, 2.24) is 9.80 Å². The van der Waals surface area contributed by atoms with Crippen LogP contribution in [0.15, 0.2) is 42.0 Å². The summed E-state index contributed by atoms with van der Waals surface area (Å²) < 4.78 is 0. The minimum atomic E-state index is -0.438. The van der Waals surface area contributed by atoms with Crippen molar-refractivity contribution in [3.8, 4) is 11.1 Å². The smallest absolute Gasteiger partial charge is 0.266 e. The molecular weight excluding hydrogens is 391 g/mol. The number of likely N-dealkylation sites (N-methyl/N-ethyl adjacent to an activating group) is 2. The summed E-state index contributed by atoms with van der Waals surface area (Å²) in [5.41, 5.74) is 3.69. The van der Waals surface area contributed by atoms with Crippen LogP contribution >= 0.6 is 35.4 Å². The van der Waals surface area contributed by atoms with E-state index in [-0.39, 0.29) is 10.7 Å². The zero-order valence-electron chi connectivity index (χ0n) is 13.8. The van der Waals surface area contributed by atoms with Crippen molar-refractivity contribution in [2.24, 2.45) is 0 Å². The average Bonchev–Trinajstić information content (AvgIpc) is 2.93. The predicted octanol–water partition coefficient (Wildman–Crippen LogP) is 3.99. The van der Waals surface area contributed by atoms with Gasteiger partial charge in [0.15, 0.2) is 5.11 Å². The first-order valence-corrected chi connectivity index (χ1v) is 8.93. The summed E-state index contributed by atoms with van der Waals surface area (Å²) in [7, 11) is 3.11. The van der Waals surface area contributed by atoms with Crippen LogP contribution in [0.4, 0.5) is 0 Å². The maximum absolute atomic E-state index is 12.9. The van der Waals surface area contributed by atoms with Crippen LogP contribution in [0.3, 0.4) is 0 Å². The van der Waals surface area contributed by atoms with E-state index in [0.29, 0.717) is 21.2 Å². The van der Waals surface area contributed by atoms with Gasteiger partial charge in [-0.05, 0) is 41.0 Å². The fourth-order valence-corrected chi connectivity index (χ4v) is 4.18. The molecule has 0 spiro atoms. The van der Waals surface area contributed by atoms with Crippen LogP contribution < -0.4 is 0 Å². The second-order valence-electron chi connectivity index (χ2n) is 6.12. The SMILES string of the molecule is CN1C(=O)C(=C2c3ccccc3-c3c(Cl)cc(Cl)cc32)C(=O)N(C)C1=S. The van der Waals surface area contributed by atoms with E-state index in [1.165, 1.54) is 9.80 Å². The maximum atomic E-state index is 12.9. The summed E-state index contributed by atoms with van der Waals surface area (Å²) in [6.07, 6.45) is 0. The molecule has 0 saturated carbocycles. The van der Waals surface area contributed by atoms with E-state index in [0.717, 1.165) is 16.7 Å². The van der Waals surface area contributed by atoms with E-state index in [1.54, 1.807) is 26.2 Å². The Morgan fingerprint density at radius 2 is 1.42 bits per heavy atom. The molecule has 1 aliphatic carbocycles. The highest BCUT2D eigenvalue weighted by Crippen LogP contribution is 2.50. The van der Waals surface area contributed by atoms with Crippen molar-refractivity contribution in [3.63, 3.8) is 0 Å². The average molecular weight is 403 g/mol. The van der Waals surface area contributed by atoms with Gasteiger partial charge in [0.1, 0.15) is 5.57 Å². The van der Waals surface area contributed by atoms with Crippen LogP contribution in [0.5, 0.6) is 0 Å². The number of nitrogens with zero attached hydrogens (tertiary/aromatic N) is 2. The van der Waals surface area contributed by atoms with Gasteiger partial charge < -0.3 is 0 Å². The molecule has 7 heteroatoms. The monoisotopic (exact) mass is 402 g/mol. The number of carbonyl (C=O) groups excluding carboxylic acids is 2. The van der Waals surface area contributed by atoms with Crippen LogP contribution in [0.2, 0.25) is 10.0 Å².